The van der Waals surface area contributed by atoms with Crippen LogP contribution >= 0.6 is 24.0 Å². The molecule has 3 heteroatoms. The average molecular weight is 235 g/mol. The maximum Gasteiger partial charge on any atom is 0.124 e. The Balaban J connectivity index is 2.50. The van der Waals surface area contributed by atoms with Gasteiger partial charge in [0.05, 0.1) is 5.69 Å². The molecule has 0 saturated carbocycles. The summed E-state index contributed by atoms with van der Waals surface area (Å²) >= 11 is 6.04. The van der Waals surface area contributed by atoms with Crippen LogP contribution in [-0.4, -0.2) is 4.98 Å². The van der Waals surface area contributed by atoms with Crippen LogP contribution in [0.15, 0.2) is 24.3 Å². The van der Waals surface area contributed by atoms with E-state index in [2.05, 4.69) is 48.8 Å². The van der Waals surface area contributed by atoms with Crippen LogP contribution in [0.25, 0.3) is 10.6 Å². The van der Waals surface area contributed by atoms with Gasteiger partial charge in [-0.2, -0.15) is 12.6 Å². The predicted molar refractivity (Wildman–Crippen MR) is 69.7 cm³/mol. The summed E-state index contributed by atoms with van der Waals surface area (Å²) in [6, 6.07) is 8.35. The van der Waals surface area contributed by atoms with Gasteiger partial charge in [0.2, 0.25) is 0 Å². The van der Waals surface area contributed by atoms with Crippen LogP contribution in [0.3, 0.4) is 0 Å². The lowest BCUT2D eigenvalue weighted by atomic mass is 10.1. The van der Waals surface area contributed by atoms with Crippen LogP contribution in [0.4, 0.5) is 0 Å². The lowest BCUT2D eigenvalue weighted by molar-refractivity contribution is 1.22. The van der Waals surface area contributed by atoms with Crippen molar-refractivity contribution in [2.24, 2.45) is 0 Å². The molecule has 0 aliphatic rings. The molecule has 0 atom stereocenters. The molecule has 0 spiro atoms. The molecule has 1 nitrogen and oxygen atoms in total. The fourth-order valence-corrected chi connectivity index (χ4v) is 2.94. The maximum absolute atomic E-state index is 4.58. The third-order valence-electron chi connectivity index (χ3n) is 2.41. The fourth-order valence-electron chi connectivity index (χ4n) is 1.50. The number of rotatable bonds is 2. The first-order valence-corrected chi connectivity index (χ1v) is 6.30. The van der Waals surface area contributed by atoms with Crippen LogP contribution in [-0.2, 0) is 5.75 Å². The van der Waals surface area contributed by atoms with Crippen molar-refractivity contribution in [3.8, 4) is 10.6 Å². The van der Waals surface area contributed by atoms with Crippen LogP contribution in [0.1, 0.15) is 16.1 Å². The second kappa shape index (κ2) is 4.37. The summed E-state index contributed by atoms with van der Waals surface area (Å²) in [5.41, 5.74) is 3.61. The molecule has 0 N–H and O–H groups in total. The number of nitrogens with zero attached hydrogens (tertiary/aromatic N) is 1. The van der Waals surface area contributed by atoms with E-state index in [0.29, 0.717) is 0 Å². The van der Waals surface area contributed by atoms with E-state index in [4.69, 9.17) is 0 Å². The van der Waals surface area contributed by atoms with E-state index in [9.17, 15) is 0 Å². The van der Waals surface area contributed by atoms with Gasteiger partial charge in [-0.15, -0.1) is 11.3 Å². The van der Waals surface area contributed by atoms with Crippen LogP contribution in [0, 0.1) is 13.8 Å². The van der Waals surface area contributed by atoms with Crippen molar-refractivity contribution in [1.29, 1.82) is 0 Å². The summed E-state index contributed by atoms with van der Waals surface area (Å²) in [4.78, 5) is 5.84. The summed E-state index contributed by atoms with van der Waals surface area (Å²) in [6.07, 6.45) is 0. The third kappa shape index (κ3) is 2.08. The number of hydrogen-bond donors (Lipinski definition) is 1. The fraction of sp³-hybridized carbons (Fsp3) is 0.250. The zero-order chi connectivity index (χ0) is 10.8. The molecule has 2 rings (SSSR count). The second-order valence-electron chi connectivity index (χ2n) is 3.50. The molecule has 1 heterocycles. The van der Waals surface area contributed by atoms with E-state index in [0.717, 1.165) is 16.5 Å². The van der Waals surface area contributed by atoms with E-state index in [1.807, 2.05) is 6.92 Å². The van der Waals surface area contributed by atoms with E-state index in [1.54, 1.807) is 11.3 Å². The predicted octanol–water partition coefficient (Wildman–Crippen LogP) is 3.86. The molecule has 0 amide bonds. The highest BCUT2D eigenvalue weighted by atomic mass is 32.1. The van der Waals surface area contributed by atoms with Gasteiger partial charge in [-0.1, -0.05) is 24.3 Å². The number of hydrogen-bond acceptors (Lipinski definition) is 3. The van der Waals surface area contributed by atoms with Crippen molar-refractivity contribution in [3.05, 3.63) is 40.4 Å². The smallest absolute Gasteiger partial charge is 0.124 e. The highest BCUT2D eigenvalue weighted by Gasteiger charge is 2.09. The van der Waals surface area contributed by atoms with Gasteiger partial charge in [-0.05, 0) is 19.4 Å². The Kier molecular flexibility index (Phi) is 3.12. The minimum atomic E-state index is 0.773. The quantitative estimate of drug-likeness (QED) is 0.780. The minimum absolute atomic E-state index is 0.773. The first-order chi connectivity index (χ1) is 7.22. The van der Waals surface area contributed by atoms with Gasteiger partial charge in [0.1, 0.15) is 5.01 Å². The number of thiol groups is 1. The third-order valence-corrected chi connectivity index (χ3v) is 4.13. The number of aromatic nitrogens is 1. The molecule has 0 aliphatic carbocycles. The molecule has 2 aromatic rings. The second-order valence-corrected chi connectivity index (χ2v) is 4.90. The lowest BCUT2D eigenvalue weighted by Gasteiger charge is -1.99. The summed E-state index contributed by atoms with van der Waals surface area (Å²) in [5, 5.41) is 1.11. The van der Waals surface area contributed by atoms with Gasteiger partial charge < -0.3 is 0 Å². The molecule has 1 aromatic carbocycles. The minimum Gasteiger partial charge on any atom is -0.241 e. The molecule has 0 radical (unpaired) electrons. The molecule has 0 bridgehead atoms. The van der Waals surface area contributed by atoms with E-state index in [-0.39, 0.29) is 0 Å². The zero-order valence-electron chi connectivity index (χ0n) is 8.82. The van der Waals surface area contributed by atoms with Crippen LogP contribution in [0.5, 0.6) is 0 Å². The molecule has 0 fully saturated rings. The van der Waals surface area contributed by atoms with Gasteiger partial charge in [0, 0.05) is 16.2 Å². The van der Waals surface area contributed by atoms with Crippen LogP contribution < -0.4 is 0 Å². The topological polar surface area (TPSA) is 12.9 Å². The summed E-state index contributed by atoms with van der Waals surface area (Å²) in [7, 11) is 0. The van der Waals surface area contributed by atoms with Gasteiger partial charge in [0.25, 0.3) is 0 Å². The SMILES string of the molecule is Cc1ccccc1-c1nc(C)c(CS)s1. The molecule has 0 unspecified atom stereocenters. The molecule has 15 heavy (non-hydrogen) atoms. The standard InChI is InChI=1S/C12H13NS2/c1-8-5-3-4-6-10(8)12-13-9(2)11(7-14)15-12/h3-6,14H,7H2,1-2H3. The molecule has 0 saturated heterocycles. The van der Waals surface area contributed by atoms with Gasteiger partial charge >= 0.3 is 0 Å². The Bertz CT molecular complexity index is 474. The van der Waals surface area contributed by atoms with Crippen molar-refractivity contribution in [2.45, 2.75) is 19.6 Å². The van der Waals surface area contributed by atoms with Crippen LogP contribution in [0.2, 0.25) is 0 Å². The molecule has 0 aliphatic heterocycles. The molecule has 78 valence electrons. The van der Waals surface area contributed by atoms with E-state index < -0.39 is 0 Å². The summed E-state index contributed by atoms with van der Waals surface area (Å²) in [6.45, 7) is 4.16. The van der Waals surface area contributed by atoms with Crippen molar-refractivity contribution in [2.75, 3.05) is 0 Å². The number of thiazole rings is 1. The van der Waals surface area contributed by atoms with Gasteiger partial charge in [-0.25, -0.2) is 4.98 Å². The van der Waals surface area contributed by atoms with E-state index >= 15 is 0 Å². The maximum atomic E-state index is 4.58. The molecular weight excluding hydrogens is 222 g/mol. The Morgan fingerprint density at radius 1 is 1.27 bits per heavy atom. The highest BCUT2D eigenvalue weighted by molar-refractivity contribution is 7.79. The lowest BCUT2D eigenvalue weighted by Crippen LogP contribution is -1.81. The highest BCUT2D eigenvalue weighted by Crippen LogP contribution is 2.30. The van der Waals surface area contributed by atoms with Crippen molar-refractivity contribution in [3.63, 3.8) is 0 Å². The number of aryl methyl sites for hydroxylation is 2. The first kappa shape index (κ1) is 10.7. The largest absolute Gasteiger partial charge is 0.241 e. The van der Waals surface area contributed by atoms with Crippen molar-refractivity contribution in [1.82, 2.24) is 4.98 Å². The molecular formula is C12H13NS2. The van der Waals surface area contributed by atoms with E-state index in [1.165, 1.54) is 16.0 Å². The van der Waals surface area contributed by atoms with Crippen molar-refractivity contribution < 1.29 is 0 Å². The Morgan fingerprint density at radius 3 is 2.60 bits per heavy atom. The monoisotopic (exact) mass is 235 g/mol. The first-order valence-electron chi connectivity index (χ1n) is 4.85. The Hall–Kier alpha value is -0.800. The van der Waals surface area contributed by atoms with Gasteiger partial charge in [-0.3, -0.25) is 0 Å². The van der Waals surface area contributed by atoms with Crippen molar-refractivity contribution >= 4 is 24.0 Å². The normalized spacial score (nSPS) is 10.6. The molecule has 1 aromatic heterocycles. The summed E-state index contributed by atoms with van der Waals surface area (Å²) in [5.74, 6) is 0.773. The summed E-state index contributed by atoms with van der Waals surface area (Å²) < 4.78 is 0. The zero-order valence-corrected chi connectivity index (χ0v) is 10.5. The average Bonchev–Trinajstić information content (AvgIpc) is 2.60. The Morgan fingerprint density at radius 2 is 2.00 bits per heavy atom. The van der Waals surface area contributed by atoms with Gasteiger partial charge in [0.15, 0.2) is 0 Å². The Labute approximate surface area is 99.6 Å². The number of benzene rings is 1.